The number of nitrogens with zero attached hydrogens (tertiary/aromatic N) is 5. The van der Waals surface area contributed by atoms with Gasteiger partial charge in [-0.3, -0.25) is 9.69 Å². The van der Waals surface area contributed by atoms with E-state index in [9.17, 15) is 4.79 Å². The van der Waals surface area contributed by atoms with Crippen molar-refractivity contribution in [3.8, 4) is 0 Å². The Bertz CT molecular complexity index is 1040. The SMILES string of the molecule is Cc1ccc2[nH]c(=O)c(C(c3nnnn3C(C)(C)C)N3CCCCC3)cc2c1. The zero-order valence-electron chi connectivity index (χ0n) is 17.1. The number of rotatable bonds is 3. The lowest BCUT2D eigenvalue weighted by atomic mass is 9.99. The minimum Gasteiger partial charge on any atom is -0.322 e. The van der Waals surface area contributed by atoms with Gasteiger partial charge in [0.15, 0.2) is 5.82 Å². The number of hydrogen-bond donors (Lipinski definition) is 1. The Kier molecular flexibility index (Phi) is 4.79. The topological polar surface area (TPSA) is 79.7 Å². The van der Waals surface area contributed by atoms with E-state index >= 15 is 0 Å². The molecule has 1 aromatic carbocycles. The van der Waals surface area contributed by atoms with Crippen molar-refractivity contribution in [2.45, 2.75) is 58.5 Å². The molecule has 7 nitrogen and oxygen atoms in total. The number of likely N-dealkylation sites (tertiary alicyclic amines) is 1. The van der Waals surface area contributed by atoms with Crippen LogP contribution in [0.4, 0.5) is 0 Å². The van der Waals surface area contributed by atoms with E-state index in [0.29, 0.717) is 5.56 Å². The fourth-order valence-corrected chi connectivity index (χ4v) is 4.06. The molecule has 1 atom stereocenters. The van der Waals surface area contributed by atoms with Crippen molar-refractivity contribution < 1.29 is 0 Å². The van der Waals surface area contributed by atoms with Gasteiger partial charge >= 0.3 is 0 Å². The number of nitrogens with one attached hydrogen (secondary N) is 1. The number of hydrogen-bond acceptors (Lipinski definition) is 5. The van der Waals surface area contributed by atoms with Crippen LogP contribution in [0.25, 0.3) is 10.9 Å². The molecule has 1 aliphatic rings. The number of aryl methyl sites for hydroxylation is 1. The Hall–Kier alpha value is -2.54. The van der Waals surface area contributed by atoms with E-state index < -0.39 is 0 Å². The Balaban J connectivity index is 1.92. The second-order valence-corrected chi connectivity index (χ2v) is 8.76. The molecule has 148 valence electrons. The maximum absolute atomic E-state index is 13.1. The Morgan fingerprint density at radius 2 is 1.86 bits per heavy atom. The van der Waals surface area contributed by atoms with E-state index in [-0.39, 0.29) is 17.1 Å². The summed E-state index contributed by atoms with van der Waals surface area (Å²) in [6, 6.07) is 7.84. The van der Waals surface area contributed by atoms with Crippen molar-refractivity contribution >= 4 is 10.9 Å². The van der Waals surface area contributed by atoms with Crippen molar-refractivity contribution in [2.75, 3.05) is 13.1 Å². The highest BCUT2D eigenvalue weighted by molar-refractivity contribution is 5.79. The predicted molar refractivity (Wildman–Crippen MR) is 109 cm³/mol. The number of benzene rings is 1. The maximum Gasteiger partial charge on any atom is 0.253 e. The van der Waals surface area contributed by atoms with E-state index in [2.05, 4.69) is 59.2 Å². The molecule has 2 aromatic heterocycles. The minimum absolute atomic E-state index is 0.0737. The first-order valence-electron chi connectivity index (χ1n) is 10.0. The van der Waals surface area contributed by atoms with Gasteiger partial charge in [-0.25, -0.2) is 4.68 Å². The van der Waals surface area contributed by atoms with E-state index in [4.69, 9.17) is 0 Å². The third kappa shape index (κ3) is 3.46. The number of tetrazole rings is 1. The van der Waals surface area contributed by atoms with Gasteiger partial charge in [-0.15, -0.1) is 5.10 Å². The fraction of sp³-hybridized carbons (Fsp3) is 0.524. The first kappa shape index (κ1) is 18.8. The number of pyridine rings is 1. The summed E-state index contributed by atoms with van der Waals surface area (Å²) in [7, 11) is 0. The van der Waals surface area contributed by atoms with Crippen LogP contribution in [0, 0.1) is 6.92 Å². The summed E-state index contributed by atoms with van der Waals surface area (Å²) in [4.78, 5) is 18.5. The first-order chi connectivity index (χ1) is 13.3. The number of H-pyrrole nitrogens is 1. The second kappa shape index (κ2) is 7.13. The predicted octanol–water partition coefficient (Wildman–Crippen LogP) is 3.15. The minimum atomic E-state index is -0.271. The molecule has 4 rings (SSSR count). The first-order valence-corrected chi connectivity index (χ1v) is 10.0. The van der Waals surface area contributed by atoms with E-state index in [1.165, 1.54) is 12.0 Å². The van der Waals surface area contributed by atoms with Gasteiger partial charge < -0.3 is 4.98 Å². The van der Waals surface area contributed by atoms with Gasteiger partial charge in [0.05, 0.1) is 5.54 Å². The summed E-state index contributed by atoms with van der Waals surface area (Å²) < 4.78 is 1.85. The van der Waals surface area contributed by atoms with Crippen LogP contribution in [0.2, 0.25) is 0 Å². The van der Waals surface area contributed by atoms with Crippen molar-refractivity contribution in [1.82, 2.24) is 30.1 Å². The molecule has 1 N–H and O–H groups in total. The number of fused-ring (bicyclic) bond motifs is 1. The van der Waals surface area contributed by atoms with Gasteiger partial charge in [0, 0.05) is 11.1 Å². The average Bonchev–Trinajstić information content (AvgIpc) is 3.13. The lowest BCUT2D eigenvalue weighted by molar-refractivity contribution is 0.170. The molecular formula is C21H28N6O. The number of aromatic nitrogens is 5. The van der Waals surface area contributed by atoms with Gasteiger partial charge in [-0.05, 0) is 87.6 Å². The molecular weight excluding hydrogens is 352 g/mol. The fourth-order valence-electron chi connectivity index (χ4n) is 4.06. The molecule has 0 bridgehead atoms. The Morgan fingerprint density at radius 1 is 1.11 bits per heavy atom. The van der Waals surface area contributed by atoms with Gasteiger partial charge in [0.1, 0.15) is 6.04 Å². The molecule has 0 spiro atoms. The zero-order chi connectivity index (χ0) is 19.9. The molecule has 0 saturated carbocycles. The molecule has 0 amide bonds. The van der Waals surface area contributed by atoms with Crippen molar-refractivity contribution in [1.29, 1.82) is 0 Å². The molecule has 28 heavy (non-hydrogen) atoms. The van der Waals surface area contributed by atoms with Crippen LogP contribution in [0.1, 0.15) is 63.0 Å². The summed E-state index contributed by atoms with van der Waals surface area (Å²) in [5.41, 5.74) is 2.38. The lowest BCUT2D eigenvalue weighted by Gasteiger charge is -2.35. The standard InChI is InChI=1S/C21H28N6O/c1-14-8-9-17-15(12-14)13-16(20(28)22-17)18(26-10-6-5-7-11-26)19-23-24-25-27(19)21(2,3)4/h8-9,12-13,18H,5-7,10-11H2,1-4H3,(H,22,28). The highest BCUT2D eigenvalue weighted by Gasteiger charge is 2.33. The van der Waals surface area contributed by atoms with Crippen molar-refractivity contribution in [2.24, 2.45) is 0 Å². The molecule has 1 saturated heterocycles. The lowest BCUT2D eigenvalue weighted by Crippen LogP contribution is -2.40. The molecule has 1 unspecified atom stereocenters. The molecule has 1 fully saturated rings. The van der Waals surface area contributed by atoms with Crippen molar-refractivity contribution in [3.05, 3.63) is 51.6 Å². The van der Waals surface area contributed by atoms with Crippen LogP contribution in [0.5, 0.6) is 0 Å². The van der Waals surface area contributed by atoms with Crippen LogP contribution < -0.4 is 5.56 Å². The summed E-state index contributed by atoms with van der Waals surface area (Å²) in [6.07, 6.45) is 3.47. The van der Waals surface area contributed by atoms with E-state index in [1.807, 2.05) is 22.9 Å². The normalized spacial score (nSPS) is 17.1. The Morgan fingerprint density at radius 3 is 2.57 bits per heavy atom. The molecule has 0 aliphatic carbocycles. The monoisotopic (exact) mass is 380 g/mol. The molecule has 0 radical (unpaired) electrons. The summed E-state index contributed by atoms with van der Waals surface area (Å²) in [5, 5.41) is 13.6. The van der Waals surface area contributed by atoms with Gasteiger partial charge in [-0.1, -0.05) is 18.1 Å². The van der Waals surface area contributed by atoms with Crippen molar-refractivity contribution in [3.63, 3.8) is 0 Å². The summed E-state index contributed by atoms with van der Waals surface area (Å²) in [5.74, 6) is 0.729. The van der Waals surface area contributed by atoms with Crippen LogP contribution in [-0.4, -0.2) is 43.2 Å². The van der Waals surface area contributed by atoms with Crippen LogP contribution in [0.3, 0.4) is 0 Å². The molecule has 1 aliphatic heterocycles. The second-order valence-electron chi connectivity index (χ2n) is 8.76. The van der Waals surface area contributed by atoms with Gasteiger partial charge in [0.2, 0.25) is 0 Å². The highest BCUT2D eigenvalue weighted by Crippen LogP contribution is 2.31. The molecule has 3 aromatic rings. The third-order valence-corrected chi connectivity index (χ3v) is 5.45. The van der Waals surface area contributed by atoms with E-state index in [0.717, 1.165) is 42.7 Å². The van der Waals surface area contributed by atoms with Gasteiger partial charge in [-0.2, -0.15) is 0 Å². The number of aromatic amines is 1. The van der Waals surface area contributed by atoms with Crippen LogP contribution >= 0.6 is 0 Å². The number of piperidine rings is 1. The smallest absolute Gasteiger partial charge is 0.253 e. The van der Waals surface area contributed by atoms with Crippen LogP contribution in [-0.2, 0) is 5.54 Å². The highest BCUT2D eigenvalue weighted by atomic mass is 16.1. The molecule has 3 heterocycles. The van der Waals surface area contributed by atoms with Gasteiger partial charge in [0.25, 0.3) is 5.56 Å². The maximum atomic E-state index is 13.1. The Labute approximate surface area is 164 Å². The third-order valence-electron chi connectivity index (χ3n) is 5.45. The quantitative estimate of drug-likeness (QED) is 0.755. The zero-order valence-corrected chi connectivity index (χ0v) is 17.1. The summed E-state index contributed by atoms with van der Waals surface area (Å²) in [6.45, 7) is 10.2. The average molecular weight is 380 g/mol. The van der Waals surface area contributed by atoms with E-state index in [1.54, 1.807) is 0 Å². The summed E-state index contributed by atoms with van der Waals surface area (Å²) >= 11 is 0. The van der Waals surface area contributed by atoms with Crippen LogP contribution in [0.15, 0.2) is 29.1 Å². The molecule has 7 heteroatoms. The largest absolute Gasteiger partial charge is 0.322 e.